The second kappa shape index (κ2) is 13.0. The quantitative estimate of drug-likeness (QED) is 0.274. The molecule has 3 aromatic rings. The fraction of sp³-hybridized carbons (Fsp3) is 0.367. The Morgan fingerprint density at radius 2 is 1.74 bits per heavy atom. The van der Waals surface area contributed by atoms with Crippen LogP contribution in [-0.2, 0) is 9.53 Å². The Labute approximate surface area is 234 Å². The van der Waals surface area contributed by atoms with E-state index in [4.69, 9.17) is 26.1 Å². The molecule has 2 aromatic carbocycles. The molecule has 1 fully saturated rings. The first-order valence-electron chi connectivity index (χ1n) is 13.2. The lowest BCUT2D eigenvalue weighted by Gasteiger charge is -2.38. The first-order chi connectivity index (χ1) is 18.8. The largest absolute Gasteiger partial charge is 0.492 e. The number of piperazine rings is 1. The zero-order valence-electron chi connectivity index (χ0n) is 22.9. The molecule has 206 valence electrons. The lowest BCUT2D eigenvalue weighted by Crippen LogP contribution is -2.50. The predicted octanol–water partition coefficient (Wildman–Crippen LogP) is 5.05. The number of hydrogen-bond donors (Lipinski definition) is 0. The smallest absolute Gasteiger partial charge is 0.266 e. The summed E-state index contributed by atoms with van der Waals surface area (Å²) in [6.07, 6.45) is 3.48. The summed E-state index contributed by atoms with van der Waals surface area (Å²) in [6, 6.07) is 14.8. The Morgan fingerprint density at radius 3 is 2.46 bits per heavy atom. The molecule has 0 bridgehead atoms. The van der Waals surface area contributed by atoms with Crippen molar-refractivity contribution in [2.45, 2.75) is 33.7 Å². The molecule has 1 aliphatic heterocycles. The van der Waals surface area contributed by atoms with Crippen molar-refractivity contribution >= 4 is 28.4 Å². The second-order valence-corrected chi connectivity index (χ2v) is 10.0. The second-order valence-electron chi connectivity index (χ2n) is 9.44. The molecule has 39 heavy (non-hydrogen) atoms. The first-order valence-corrected chi connectivity index (χ1v) is 13.6. The number of rotatable bonds is 9. The standard InChI is InChI=1S/C30H35ClN4O4/c1-5-38-27-13-9-8-12-26(27)35-29(32-25-11-7-6-10-24(25)30(35)37)23(4)33-16-18-34(19-17-33)28(36)20-39-22(3)15-14-21(2)31/h6-15,23H,5,16-20H2,1-4H3/b21-14+,22-15+. The van der Waals surface area contributed by atoms with E-state index in [0.29, 0.717) is 71.7 Å². The molecule has 9 heteroatoms. The van der Waals surface area contributed by atoms with Crippen LogP contribution in [-0.4, -0.2) is 64.7 Å². The van der Waals surface area contributed by atoms with Crippen molar-refractivity contribution < 1.29 is 14.3 Å². The van der Waals surface area contributed by atoms with Crippen LogP contribution in [0, 0.1) is 0 Å². The average Bonchev–Trinajstić information content (AvgIpc) is 2.95. The average molecular weight is 551 g/mol. The lowest BCUT2D eigenvalue weighted by atomic mass is 10.1. The summed E-state index contributed by atoms with van der Waals surface area (Å²) in [5.74, 6) is 1.83. The Balaban J connectivity index is 1.56. The van der Waals surface area contributed by atoms with Gasteiger partial charge >= 0.3 is 0 Å². The van der Waals surface area contributed by atoms with Crippen LogP contribution in [0.2, 0.25) is 0 Å². The van der Waals surface area contributed by atoms with E-state index in [9.17, 15) is 9.59 Å². The molecule has 1 aliphatic rings. The van der Waals surface area contributed by atoms with Gasteiger partial charge < -0.3 is 14.4 Å². The summed E-state index contributed by atoms with van der Waals surface area (Å²) in [7, 11) is 0. The highest BCUT2D eigenvalue weighted by molar-refractivity contribution is 6.29. The van der Waals surface area contributed by atoms with Gasteiger partial charge in [-0.3, -0.25) is 19.1 Å². The number of fused-ring (bicyclic) bond motifs is 1. The molecule has 1 atom stereocenters. The van der Waals surface area contributed by atoms with Crippen LogP contribution in [0.4, 0.5) is 0 Å². The summed E-state index contributed by atoms with van der Waals surface area (Å²) in [5, 5.41) is 1.19. The van der Waals surface area contributed by atoms with Crippen molar-refractivity contribution in [2.75, 3.05) is 39.4 Å². The minimum atomic E-state index is -0.179. The molecule has 0 N–H and O–H groups in total. The number of para-hydroxylation sites is 3. The van der Waals surface area contributed by atoms with Crippen LogP contribution in [0.25, 0.3) is 16.6 Å². The number of aromatic nitrogens is 2. The molecule has 0 saturated carbocycles. The summed E-state index contributed by atoms with van der Waals surface area (Å²) in [4.78, 5) is 35.6. The highest BCUT2D eigenvalue weighted by atomic mass is 35.5. The number of carbonyl (C=O) groups is 1. The van der Waals surface area contributed by atoms with Gasteiger partial charge in [-0.2, -0.15) is 0 Å². The molecule has 0 spiro atoms. The Hall–Kier alpha value is -3.62. The fourth-order valence-electron chi connectivity index (χ4n) is 4.65. The molecule has 0 aliphatic carbocycles. The Kier molecular flexibility index (Phi) is 9.43. The number of amides is 1. The van der Waals surface area contributed by atoms with E-state index in [1.54, 1.807) is 36.6 Å². The van der Waals surface area contributed by atoms with E-state index in [2.05, 4.69) is 11.8 Å². The Bertz CT molecular complexity index is 1440. The van der Waals surface area contributed by atoms with Crippen LogP contribution in [0.5, 0.6) is 5.75 Å². The molecule has 0 radical (unpaired) electrons. The normalized spacial score (nSPS) is 15.9. The summed E-state index contributed by atoms with van der Waals surface area (Å²) >= 11 is 5.84. The van der Waals surface area contributed by atoms with Crippen LogP contribution in [0.1, 0.15) is 39.6 Å². The third-order valence-electron chi connectivity index (χ3n) is 6.77. The maximum atomic E-state index is 13.8. The van der Waals surface area contributed by atoms with Crippen molar-refractivity contribution in [3.8, 4) is 11.4 Å². The van der Waals surface area contributed by atoms with E-state index in [1.807, 2.05) is 54.3 Å². The van der Waals surface area contributed by atoms with Crippen LogP contribution in [0.3, 0.4) is 0 Å². The van der Waals surface area contributed by atoms with Gasteiger partial charge in [0.05, 0.1) is 35.0 Å². The van der Waals surface area contributed by atoms with E-state index in [1.165, 1.54) is 0 Å². The topological polar surface area (TPSA) is 76.9 Å². The third kappa shape index (κ3) is 6.69. The van der Waals surface area contributed by atoms with E-state index < -0.39 is 0 Å². The van der Waals surface area contributed by atoms with Crippen molar-refractivity contribution in [1.82, 2.24) is 19.4 Å². The molecule has 4 rings (SSSR count). The van der Waals surface area contributed by atoms with Gasteiger partial charge in [-0.15, -0.1) is 0 Å². The molecule has 8 nitrogen and oxygen atoms in total. The van der Waals surface area contributed by atoms with Crippen LogP contribution < -0.4 is 10.3 Å². The summed E-state index contributed by atoms with van der Waals surface area (Å²) in [5.41, 5.74) is 1.18. The van der Waals surface area contributed by atoms with E-state index in [-0.39, 0.29) is 24.1 Å². The summed E-state index contributed by atoms with van der Waals surface area (Å²) in [6.45, 7) is 10.4. The maximum absolute atomic E-state index is 13.8. The summed E-state index contributed by atoms with van der Waals surface area (Å²) < 4.78 is 13.1. The maximum Gasteiger partial charge on any atom is 0.266 e. The molecule has 1 saturated heterocycles. The number of halogens is 1. The minimum Gasteiger partial charge on any atom is -0.492 e. The van der Waals surface area contributed by atoms with Gasteiger partial charge in [0.25, 0.3) is 11.5 Å². The zero-order chi connectivity index (χ0) is 27.9. The van der Waals surface area contributed by atoms with Crippen LogP contribution >= 0.6 is 11.6 Å². The molecule has 1 amide bonds. The van der Waals surface area contributed by atoms with Gasteiger partial charge in [0.1, 0.15) is 11.6 Å². The highest BCUT2D eigenvalue weighted by Crippen LogP contribution is 2.28. The van der Waals surface area contributed by atoms with Crippen LogP contribution in [0.15, 0.2) is 76.3 Å². The molecule has 1 unspecified atom stereocenters. The van der Waals surface area contributed by atoms with Crippen molar-refractivity contribution in [2.24, 2.45) is 0 Å². The van der Waals surface area contributed by atoms with Crippen molar-refractivity contribution in [3.05, 3.63) is 87.7 Å². The highest BCUT2D eigenvalue weighted by Gasteiger charge is 2.29. The van der Waals surface area contributed by atoms with Gasteiger partial charge in [0, 0.05) is 31.2 Å². The molecule has 2 heterocycles. The lowest BCUT2D eigenvalue weighted by molar-refractivity contribution is -0.136. The SMILES string of the molecule is CCOc1ccccc1-n1c(C(C)N2CCN(C(=O)CO/C(C)=C/C=C(\C)Cl)CC2)nc2ccccc2c1=O. The molecule has 1 aromatic heterocycles. The number of nitrogens with zero attached hydrogens (tertiary/aromatic N) is 4. The van der Waals surface area contributed by atoms with Gasteiger partial charge in [-0.25, -0.2) is 4.98 Å². The Morgan fingerprint density at radius 1 is 1.05 bits per heavy atom. The van der Waals surface area contributed by atoms with Gasteiger partial charge in [0.15, 0.2) is 6.61 Å². The van der Waals surface area contributed by atoms with Crippen molar-refractivity contribution in [1.29, 1.82) is 0 Å². The number of hydrogen-bond acceptors (Lipinski definition) is 6. The van der Waals surface area contributed by atoms with Crippen molar-refractivity contribution in [3.63, 3.8) is 0 Å². The number of allylic oxidation sites excluding steroid dienone is 4. The molecular formula is C30H35ClN4O4. The number of benzene rings is 2. The van der Waals surface area contributed by atoms with E-state index in [0.717, 1.165) is 0 Å². The van der Waals surface area contributed by atoms with Gasteiger partial charge in [-0.05, 0) is 64.1 Å². The molecular weight excluding hydrogens is 516 g/mol. The van der Waals surface area contributed by atoms with Gasteiger partial charge in [-0.1, -0.05) is 35.9 Å². The predicted molar refractivity (Wildman–Crippen MR) is 154 cm³/mol. The third-order valence-corrected chi connectivity index (χ3v) is 6.89. The van der Waals surface area contributed by atoms with E-state index >= 15 is 0 Å². The first kappa shape index (κ1) is 28.4. The fourth-order valence-corrected chi connectivity index (χ4v) is 4.71. The monoisotopic (exact) mass is 550 g/mol. The minimum absolute atomic E-state index is 0.0208. The number of carbonyl (C=O) groups excluding carboxylic acids is 1. The van der Waals surface area contributed by atoms with Gasteiger partial charge in [0.2, 0.25) is 0 Å². The number of ether oxygens (including phenoxy) is 2. The zero-order valence-corrected chi connectivity index (χ0v) is 23.6.